The number of amides is 1. The number of carbonyl (C=O) groups excluding carboxylic acids is 1. The van der Waals surface area contributed by atoms with E-state index in [1.165, 1.54) is 19.3 Å². The molecule has 2 bridgehead atoms. The maximum absolute atomic E-state index is 14.0. The van der Waals surface area contributed by atoms with Crippen LogP contribution in [0.3, 0.4) is 0 Å². The van der Waals surface area contributed by atoms with E-state index in [1.807, 2.05) is 48.5 Å². The van der Waals surface area contributed by atoms with E-state index in [1.54, 1.807) is 28.0 Å². The molecule has 3 aliphatic rings. The Balaban J connectivity index is 1.29. The molecule has 3 aliphatic heterocycles. The Morgan fingerprint density at radius 3 is 2.50 bits per heavy atom. The largest absolute Gasteiger partial charge is 0.396 e. The number of likely N-dealkylation sites (tertiary alicyclic amines) is 1. The topological polar surface area (TPSA) is 90.7 Å². The molecule has 228 valence electrons. The molecule has 0 spiro atoms. The van der Waals surface area contributed by atoms with Gasteiger partial charge in [-0.25, -0.2) is 4.98 Å². The van der Waals surface area contributed by atoms with Crippen LogP contribution < -0.4 is 15.8 Å². The Kier molecular flexibility index (Phi) is 8.29. The van der Waals surface area contributed by atoms with E-state index in [4.69, 9.17) is 16.6 Å². The van der Waals surface area contributed by atoms with Crippen LogP contribution in [-0.4, -0.2) is 64.3 Å². The summed E-state index contributed by atoms with van der Waals surface area (Å²) in [4.78, 5) is 37.9. The summed E-state index contributed by atoms with van der Waals surface area (Å²) >= 11 is 7.81. The Labute approximate surface area is 265 Å². The van der Waals surface area contributed by atoms with Crippen LogP contribution in [0.4, 0.5) is 5.13 Å². The number of piperidine rings is 1. The number of hydrogen-bond donors (Lipinski definition) is 2. The van der Waals surface area contributed by atoms with Gasteiger partial charge in [-0.15, -0.1) is 0 Å². The monoisotopic (exact) mass is 629 g/mol. The Morgan fingerprint density at radius 2 is 1.75 bits per heavy atom. The smallest absolute Gasteiger partial charge is 0.250 e. The van der Waals surface area contributed by atoms with Crippen molar-refractivity contribution in [2.75, 3.05) is 37.7 Å². The van der Waals surface area contributed by atoms with Crippen molar-refractivity contribution in [2.45, 2.75) is 37.9 Å². The summed E-state index contributed by atoms with van der Waals surface area (Å²) in [5, 5.41) is 15.4. The molecule has 0 radical (unpaired) electrons. The van der Waals surface area contributed by atoms with E-state index in [9.17, 15) is 14.7 Å². The van der Waals surface area contributed by atoms with Gasteiger partial charge in [0.15, 0.2) is 5.13 Å². The summed E-state index contributed by atoms with van der Waals surface area (Å²) in [7, 11) is 0. The van der Waals surface area contributed by atoms with Crippen LogP contribution >= 0.6 is 22.9 Å². The number of halogens is 1. The molecular formula is C34H36ClN5O3S. The van der Waals surface area contributed by atoms with Gasteiger partial charge in [0.05, 0.1) is 28.6 Å². The zero-order valence-electron chi connectivity index (χ0n) is 24.4. The number of anilines is 1. The lowest BCUT2D eigenvalue weighted by molar-refractivity contribution is -0.127. The van der Waals surface area contributed by atoms with E-state index in [2.05, 4.69) is 27.2 Å². The highest BCUT2D eigenvalue weighted by Gasteiger charge is 2.56. The SMILES string of the molecule is O=C(NCCN1CCCCC1)[C@H]1[C@H](CO)[C@H]2Cn3c(cccc3=O)[C@@H]1N2c1nc(-c2ccc(Cl)cc2)c(-c2ccccc2)s1. The summed E-state index contributed by atoms with van der Waals surface area (Å²) in [5.41, 5.74) is 3.53. The third-order valence-electron chi connectivity index (χ3n) is 9.39. The molecule has 8 nitrogen and oxygen atoms in total. The van der Waals surface area contributed by atoms with Gasteiger partial charge >= 0.3 is 0 Å². The quantitative estimate of drug-likeness (QED) is 0.283. The second kappa shape index (κ2) is 12.5. The highest BCUT2D eigenvalue weighted by molar-refractivity contribution is 7.19. The first kappa shape index (κ1) is 29.2. The van der Waals surface area contributed by atoms with Crippen molar-refractivity contribution in [3.05, 3.63) is 93.9 Å². The van der Waals surface area contributed by atoms with Gasteiger partial charge in [-0.2, -0.15) is 0 Å². The number of carbonyl (C=O) groups is 1. The van der Waals surface area contributed by atoms with Gasteiger partial charge in [0, 0.05) is 54.5 Å². The number of nitrogens with one attached hydrogen (secondary N) is 1. The lowest BCUT2D eigenvalue weighted by Crippen LogP contribution is -2.46. The van der Waals surface area contributed by atoms with Crippen LogP contribution in [0, 0.1) is 11.8 Å². The zero-order valence-corrected chi connectivity index (χ0v) is 26.0. The van der Waals surface area contributed by atoms with Crippen molar-refractivity contribution in [1.29, 1.82) is 0 Å². The fourth-order valence-electron chi connectivity index (χ4n) is 7.27. The number of rotatable bonds is 8. The third kappa shape index (κ3) is 5.36. The van der Waals surface area contributed by atoms with Crippen LogP contribution in [0.2, 0.25) is 5.02 Å². The molecule has 0 saturated carbocycles. The molecule has 0 aliphatic carbocycles. The first-order valence-electron chi connectivity index (χ1n) is 15.4. The van der Waals surface area contributed by atoms with E-state index in [-0.39, 0.29) is 30.0 Å². The number of fused-ring (bicyclic) bond motifs is 4. The second-order valence-electron chi connectivity index (χ2n) is 11.9. The average molecular weight is 630 g/mol. The van der Waals surface area contributed by atoms with E-state index in [0.717, 1.165) is 52.2 Å². The minimum absolute atomic E-state index is 0.0823. The lowest BCUT2D eigenvalue weighted by Gasteiger charge is -2.38. The first-order chi connectivity index (χ1) is 21.5. The Hall–Kier alpha value is -3.50. The molecule has 4 aromatic rings. The van der Waals surface area contributed by atoms with Gasteiger partial charge in [0.2, 0.25) is 5.91 Å². The summed E-state index contributed by atoms with van der Waals surface area (Å²) in [6, 6.07) is 22.4. The van der Waals surface area contributed by atoms with Crippen molar-refractivity contribution in [3.8, 4) is 21.7 Å². The van der Waals surface area contributed by atoms with E-state index in [0.29, 0.717) is 18.1 Å². The highest BCUT2D eigenvalue weighted by Crippen LogP contribution is 2.53. The predicted molar refractivity (Wildman–Crippen MR) is 175 cm³/mol. The predicted octanol–water partition coefficient (Wildman–Crippen LogP) is 5.06. The van der Waals surface area contributed by atoms with Crippen molar-refractivity contribution < 1.29 is 9.90 Å². The fraction of sp³-hybridized carbons (Fsp3) is 0.382. The summed E-state index contributed by atoms with van der Waals surface area (Å²) < 4.78 is 1.78. The molecule has 5 heterocycles. The lowest BCUT2D eigenvalue weighted by atomic mass is 9.86. The van der Waals surface area contributed by atoms with Gasteiger partial charge in [0.25, 0.3) is 5.56 Å². The fourth-order valence-corrected chi connectivity index (χ4v) is 8.58. The van der Waals surface area contributed by atoms with Gasteiger partial charge in [-0.1, -0.05) is 77.9 Å². The van der Waals surface area contributed by atoms with Gasteiger partial charge in [-0.05, 0) is 49.7 Å². The molecule has 2 fully saturated rings. The van der Waals surface area contributed by atoms with E-state index >= 15 is 0 Å². The maximum atomic E-state index is 14.0. The van der Waals surface area contributed by atoms with Crippen LogP contribution in [0.15, 0.2) is 77.6 Å². The molecule has 4 atom stereocenters. The number of nitrogens with zero attached hydrogens (tertiary/aromatic N) is 4. The maximum Gasteiger partial charge on any atom is 0.250 e. The summed E-state index contributed by atoms with van der Waals surface area (Å²) in [6.07, 6.45) is 3.66. The standard InChI is InChI=1S/C34H36ClN5O3S/c35-24-14-12-22(13-15-24)30-32(23-8-3-1-4-9-23)44-34(37-30)40-27-20-39-26(10-7-11-28(39)42)31(40)29(25(27)21-41)33(43)36-16-19-38-17-5-2-6-18-38/h1,3-4,7-15,25,27,29,31,41H,2,5-6,16-21H2,(H,36,43)/t25-,27-,29+,31+/m1/s1. The minimum atomic E-state index is -0.537. The molecule has 0 unspecified atom stereocenters. The number of aliphatic hydroxyl groups excluding tert-OH is 1. The first-order valence-corrected chi connectivity index (χ1v) is 16.6. The number of thiazole rings is 1. The molecule has 44 heavy (non-hydrogen) atoms. The Morgan fingerprint density at radius 1 is 0.977 bits per heavy atom. The van der Waals surface area contributed by atoms with Crippen molar-refractivity contribution in [1.82, 2.24) is 19.8 Å². The number of aliphatic hydroxyl groups is 1. The second-order valence-corrected chi connectivity index (χ2v) is 13.3. The molecule has 2 aromatic heterocycles. The zero-order chi connectivity index (χ0) is 30.2. The van der Waals surface area contributed by atoms with Crippen LogP contribution in [0.1, 0.15) is 31.0 Å². The third-order valence-corrected chi connectivity index (χ3v) is 10.8. The number of aromatic nitrogens is 2. The van der Waals surface area contributed by atoms with Gasteiger partial charge in [0.1, 0.15) is 0 Å². The van der Waals surface area contributed by atoms with Crippen molar-refractivity contribution >= 4 is 34.0 Å². The van der Waals surface area contributed by atoms with Crippen molar-refractivity contribution in [2.24, 2.45) is 11.8 Å². The number of pyridine rings is 1. The summed E-state index contributed by atoms with van der Waals surface area (Å²) in [5.74, 6) is -0.983. The normalized spacial score (nSPS) is 23.0. The van der Waals surface area contributed by atoms with Crippen LogP contribution in [0.25, 0.3) is 21.7 Å². The van der Waals surface area contributed by atoms with Gasteiger partial charge < -0.3 is 24.8 Å². The van der Waals surface area contributed by atoms with Gasteiger partial charge in [-0.3, -0.25) is 9.59 Å². The molecule has 2 N–H and O–H groups in total. The highest BCUT2D eigenvalue weighted by atomic mass is 35.5. The van der Waals surface area contributed by atoms with Crippen molar-refractivity contribution in [3.63, 3.8) is 0 Å². The average Bonchev–Trinajstić information content (AvgIpc) is 3.59. The molecule has 7 rings (SSSR count). The molecule has 2 saturated heterocycles. The van der Waals surface area contributed by atoms with Crippen LogP contribution in [0.5, 0.6) is 0 Å². The summed E-state index contributed by atoms with van der Waals surface area (Å²) in [6.45, 7) is 3.72. The molecular weight excluding hydrogens is 594 g/mol. The molecule has 10 heteroatoms. The molecule has 2 aromatic carbocycles. The van der Waals surface area contributed by atoms with E-state index < -0.39 is 12.0 Å². The minimum Gasteiger partial charge on any atom is -0.396 e. The van der Waals surface area contributed by atoms with Crippen LogP contribution in [-0.2, 0) is 11.3 Å². The number of hydrogen-bond acceptors (Lipinski definition) is 7. The number of benzene rings is 2. The Bertz CT molecular complexity index is 1690. The molecule has 1 amide bonds.